The molecule has 1 N–H and O–H groups in total. The average Bonchev–Trinajstić information content (AvgIpc) is 3.41. The highest BCUT2D eigenvalue weighted by atomic mass is 35.5. The molecule has 0 aromatic heterocycles. The van der Waals surface area contributed by atoms with Gasteiger partial charge in [-0.3, -0.25) is 4.79 Å². The lowest BCUT2D eigenvalue weighted by molar-refractivity contribution is -0.131. The van der Waals surface area contributed by atoms with Crippen molar-refractivity contribution in [3.05, 3.63) is 125 Å². The van der Waals surface area contributed by atoms with E-state index in [2.05, 4.69) is 0 Å². The second kappa shape index (κ2) is 9.58. The van der Waals surface area contributed by atoms with Gasteiger partial charge in [0.05, 0.1) is 12.0 Å². The normalized spacial score (nSPS) is 18.5. The van der Waals surface area contributed by atoms with Crippen LogP contribution in [0.25, 0.3) is 0 Å². The molecule has 2 heterocycles. The summed E-state index contributed by atoms with van der Waals surface area (Å²) in [5, 5.41) is 12.6. The zero-order chi connectivity index (χ0) is 25.4. The SMILES string of the molecule is O=C1C(CCC(O)(c2ccccc2)c2ccccc2)C(c2ccc3c(c2)OCO3)N1c1ccc(Cl)cc1. The number of anilines is 1. The molecule has 0 saturated carbocycles. The van der Waals surface area contributed by atoms with Gasteiger partial charge in [-0.15, -0.1) is 0 Å². The zero-order valence-corrected chi connectivity index (χ0v) is 20.8. The van der Waals surface area contributed by atoms with Crippen LogP contribution >= 0.6 is 11.6 Å². The third kappa shape index (κ3) is 4.24. The third-order valence-corrected chi connectivity index (χ3v) is 7.63. The minimum atomic E-state index is -1.22. The molecule has 0 bridgehead atoms. The van der Waals surface area contributed by atoms with E-state index >= 15 is 0 Å². The van der Waals surface area contributed by atoms with E-state index in [9.17, 15) is 9.90 Å². The fraction of sp³-hybridized carbons (Fsp3) is 0.194. The number of hydrogen-bond donors (Lipinski definition) is 1. The van der Waals surface area contributed by atoms with Crippen molar-refractivity contribution in [2.45, 2.75) is 24.5 Å². The maximum absolute atomic E-state index is 13.6. The highest BCUT2D eigenvalue weighted by Crippen LogP contribution is 2.49. The van der Waals surface area contributed by atoms with Gasteiger partial charge < -0.3 is 19.5 Å². The zero-order valence-electron chi connectivity index (χ0n) is 20.1. The third-order valence-electron chi connectivity index (χ3n) is 7.38. The Morgan fingerprint density at radius 3 is 2.11 bits per heavy atom. The highest BCUT2D eigenvalue weighted by molar-refractivity contribution is 6.30. The number of rotatable bonds is 7. The quantitative estimate of drug-likeness (QED) is 0.288. The van der Waals surface area contributed by atoms with E-state index in [0.717, 1.165) is 22.4 Å². The summed E-state index contributed by atoms with van der Waals surface area (Å²) in [6.45, 7) is 0.188. The Morgan fingerprint density at radius 1 is 0.838 bits per heavy atom. The van der Waals surface area contributed by atoms with Crippen molar-refractivity contribution in [3.8, 4) is 11.5 Å². The van der Waals surface area contributed by atoms with Crippen molar-refractivity contribution in [2.24, 2.45) is 5.92 Å². The van der Waals surface area contributed by atoms with Crippen LogP contribution in [0, 0.1) is 5.92 Å². The van der Waals surface area contributed by atoms with Crippen LogP contribution in [0.3, 0.4) is 0 Å². The first-order chi connectivity index (χ1) is 18.0. The number of benzene rings is 4. The molecule has 2 atom stereocenters. The average molecular weight is 512 g/mol. The monoisotopic (exact) mass is 511 g/mol. The topological polar surface area (TPSA) is 59.0 Å². The van der Waals surface area contributed by atoms with Crippen molar-refractivity contribution in [2.75, 3.05) is 11.7 Å². The molecule has 1 fully saturated rings. The lowest BCUT2D eigenvalue weighted by Crippen LogP contribution is -2.55. The van der Waals surface area contributed by atoms with E-state index in [4.69, 9.17) is 21.1 Å². The molecule has 186 valence electrons. The van der Waals surface area contributed by atoms with Crippen LogP contribution in [0.5, 0.6) is 11.5 Å². The van der Waals surface area contributed by atoms with Crippen molar-refractivity contribution in [1.29, 1.82) is 0 Å². The smallest absolute Gasteiger partial charge is 0.233 e. The van der Waals surface area contributed by atoms with Gasteiger partial charge in [-0.1, -0.05) is 78.3 Å². The van der Waals surface area contributed by atoms with E-state index < -0.39 is 5.60 Å². The molecule has 37 heavy (non-hydrogen) atoms. The molecule has 0 spiro atoms. The summed E-state index contributed by atoms with van der Waals surface area (Å²) in [6.07, 6.45) is 0.898. The van der Waals surface area contributed by atoms with Crippen LogP contribution in [0.4, 0.5) is 5.69 Å². The summed E-state index contributed by atoms with van der Waals surface area (Å²) < 4.78 is 11.1. The Hall–Kier alpha value is -3.80. The van der Waals surface area contributed by atoms with E-state index in [-0.39, 0.29) is 24.7 Å². The number of hydrogen-bond acceptors (Lipinski definition) is 4. The van der Waals surface area contributed by atoms with Gasteiger partial charge in [-0.05, 0) is 65.9 Å². The van der Waals surface area contributed by atoms with Crippen LogP contribution in [0.2, 0.25) is 5.02 Å². The van der Waals surface area contributed by atoms with Crippen molar-refractivity contribution in [1.82, 2.24) is 0 Å². The second-order valence-corrected chi connectivity index (χ2v) is 9.92. The summed E-state index contributed by atoms with van der Waals surface area (Å²) in [4.78, 5) is 15.4. The Bertz CT molecular complexity index is 1370. The van der Waals surface area contributed by atoms with E-state index in [0.29, 0.717) is 29.4 Å². The van der Waals surface area contributed by atoms with Gasteiger partial charge >= 0.3 is 0 Å². The Kier molecular flexibility index (Phi) is 6.11. The Morgan fingerprint density at radius 2 is 1.46 bits per heavy atom. The van der Waals surface area contributed by atoms with Crippen molar-refractivity contribution in [3.63, 3.8) is 0 Å². The molecule has 6 rings (SSSR count). The van der Waals surface area contributed by atoms with Gasteiger partial charge in [-0.25, -0.2) is 0 Å². The summed E-state index contributed by atoms with van der Waals surface area (Å²) >= 11 is 6.11. The number of nitrogens with zero attached hydrogens (tertiary/aromatic N) is 1. The predicted octanol–water partition coefficient (Wildman–Crippen LogP) is 6.49. The van der Waals surface area contributed by atoms with E-state index in [1.54, 1.807) is 12.1 Å². The first kappa shape index (κ1) is 23.6. The maximum atomic E-state index is 13.6. The van der Waals surface area contributed by atoms with E-state index in [1.807, 2.05) is 95.9 Å². The van der Waals surface area contributed by atoms with Crippen molar-refractivity contribution < 1.29 is 19.4 Å². The highest BCUT2D eigenvalue weighted by Gasteiger charge is 2.50. The summed E-state index contributed by atoms with van der Waals surface area (Å²) in [5.74, 6) is 1.09. The largest absolute Gasteiger partial charge is 0.454 e. The van der Waals surface area contributed by atoms with Crippen LogP contribution in [0.1, 0.15) is 35.6 Å². The molecule has 2 aliphatic heterocycles. The Balaban J connectivity index is 1.34. The molecule has 2 aliphatic rings. The van der Waals surface area contributed by atoms with Gasteiger partial charge in [0.15, 0.2) is 11.5 Å². The van der Waals surface area contributed by atoms with Gasteiger partial charge in [0.25, 0.3) is 0 Å². The fourth-order valence-corrected chi connectivity index (χ4v) is 5.57. The van der Waals surface area contributed by atoms with Crippen molar-refractivity contribution >= 4 is 23.2 Å². The van der Waals surface area contributed by atoms with Gasteiger partial charge in [0.1, 0.15) is 5.60 Å². The number of fused-ring (bicyclic) bond motifs is 1. The number of amides is 1. The summed E-state index contributed by atoms with van der Waals surface area (Å²) in [7, 11) is 0. The number of ether oxygens (including phenoxy) is 2. The minimum Gasteiger partial charge on any atom is -0.454 e. The molecule has 0 radical (unpaired) electrons. The summed E-state index contributed by atoms with van der Waals surface area (Å²) in [5.41, 5.74) is 2.15. The molecule has 2 unspecified atom stereocenters. The second-order valence-electron chi connectivity index (χ2n) is 9.48. The molecular formula is C31H26ClNO4. The molecule has 6 heteroatoms. The molecule has 1 saturated heterocycles. The molecule has 5 nitrogen and oxygen atoms in total. The predicted molar refractivity (Wildman–Crippen MR) is 143 cm³/mol. The van der Waals surface area contributed by atoms with Gasteiger partial charge in [0, 0.05) is 10.7 Å². The van der Waals surface area contributed by atoms with E-state index in [1.165, 1.54) is 0 Å². The number of halogens is 1. The first-order valence-corrected chi connectivity index (χ1v) is 12.7. The Labute approximate surface area is 220 Å². The van der Waals surface area contributed by atoms with Gasteiger partial charge in [-0.2, -0.15) is 0 Å². The van der Waals surface area contributed by atoms with Crippen LogP contribution in [-0.4, -0.2) is 17.8 Å². The van der Waals surface area contributed by atoms with Crippen LogP contribution in [0.15, 0.2) is 103 Å². The number of carbonyl (C=O) groups excluding carboxylic acids is 1. The lowest BCUT2D eigenvalue weighted by atomic mass is 9.74. The molecule has 4 aromatic carbocycles. The maximum Gasteiger partial charge on any atom is 0.233 e. The number of aliphatic hydroxyl groups is 1. The van der Waals surface area contributed by atoms with Crippen LogP contribution in [-0.2, 0) is 10.4 Å². The molecule has 0 aliphatic carbocycles. The minimum absolute atomic E-state index is 0.0217. The molecule has 4 aromatic rings. The summed E-state index contributed by atoms with van der Waals surface area (Å²) in [6, 6.07) is 32.2. The standard InChI is InChI=1S/C31H26ClNO4/c32-24-12-14-25(15-13-24)33-29(21-11-16-27-28(19-21)37-20-36-27)26(30(33)34)17-18-31(35,22-7-3-1-4-8-22)23-9-5-2-6-10-23/h1-16,19,26,29,35H,17-18,20H2. The lowest BCUT2D eigenvalue weighted by Gasteiger charge is -2.48. The fourth-order valence-electron chi connectivity index (χ4n) is 5.45. The molecular weight excluding hydrogens is 486 g/mol. The van der Waals surface area contributed by atoms with Gasteiger partial charge in [0.2, 0.25) is 12.7 Å². The first-order valence-electron chi connectivity index (χ1n) is 12.4. The number of carbonyl (C=O) groups is 1. The number of β-lactam (4-membered cyclic amide) rings is 1. The van der Waals surface area contributed by atoms with Crippen LogP contribution < -0.4 is 14.4 Å². The molecule has 1 amide bonds.